The van der Waals surface area contributed by atoms with Crippen molar-refractivity contribution in [2.75, 3.05) is 13.1 Å². The number of nitrogens with zero attached hydrogens (tertiary/aromatic N) is 3. The Morgan fingerprint density at radius 3 is 2.62 bits per heavy atom. The fraction of sp³-hybridized carbons (Fsp3) is 0.636. The number of carbonyl (C=O) groups excluding carboxylic acids is 1. The van der Waals surface area contributed by atoms with Crippen molar-refractivity contribution < 1.29 is 9.90 Å². The van der Waals surface area contributed by atoms with Crippen molar-refractivity contribution in [3.05, 3.63) is 18.0 Å². The lowest BCUT2D eigenvalue weighted by atomic mass is 9.94. The predicted octanol–water partition coefficient (Wildman–Crippen LogP) is 0.407. The molecule has 5 nitrogen and oxygen atoms in total. The molecule has 1 N–H and O–H groups in total. The molecular formula is C11H17N3O2. The van der Waals surface area contributed by atoms with Crippen LogP contribution in [0.2, 0.25) is 0 Å². The first-order valence-electron chi connectivity index (χ1n) is 5.49. The summed E-state index contributed by atoms with van der Waals surface area (Å²) in [7, 11) is 1.79. The molecule has 0 bridgehead atoms. The summed E-state index contributed by atoms with van der Waals surface area (Å²) < 4.78 is 1.62. The average Bonchev–Trinajstić information content (AvgIpc) is 2.64. The van der Waals surface area contributed by atoms with E-state index >= 15 is 0 Å². The van der Waals surface area contributed by atoms with Gasteiger partial charge in [0, 0.05) is 26.3 Å². The minimum atomic E-state index is -0.624. The summed E-state index contributed by atoms with van der Waals surface area (Å²) in [5.74, 6) is -0.0453. The zero-order chi connectivity index (χ0) is 11.8. The number of rotatable bonds is 1. The van der Waals surface area contributed by atoms with Crippen molar-refractivity contribution in [2.45, 2.75) is 25.4 Å². The van der Waals surface area contributed by atoms with Crippen LogP contribution in [0, 0.1) is 0 Å². The summed E-state index contributed by atoms with van der Waals surface area (Å²) in [6.45, 7) is 3.01. The normalized spacial score (nSPS) is 19.8. The van der Waals surface area contributed by atoms with E-state index < -0.39 is 5.60 Å². The first-order chi connectivity index (χ1) is 7.48. The monoisotopic (exact) mass is 223 g/mol. The summed E-state index contributed by atoms with van der Waals surface area (Å²) in [5.41, 5.74) is -0.148. The van der Waals surface area contributed by atoms with Gasteiger partial charge in [0.1, 0.15) is 5.69 Å². The molecule has 1 aliphatic heterocycles. The van der Waals surface area contributed by atoms with Gasteiger partial charge in [-0.2, -0.15) is 5.10 Å². The van der Waals surface area contributed by atoms with Gasteiger partial charge in [-0.3, -0.25) is 9.48 Å². The number of hydrogen-bond donors (Lipinski definition) is 1. The molecule has 1 saturated heterocycles. The second kappa shape index (κ2) is 3.90. The largest absolute Gasteiger partial charge is 0.390 e. The van der Waals surface area contributed by atoms with Gasteiger partial charge in [0.2, 0.25) is 0 Å². The summed E-state index contributed by atoms with van der Waals surface area (Å²) in [4.78, 5) is 13.7. The van der Waals surface area contributed by atoms with Crippen molar-refractivity contribution >= 4 is 5.91 Å². The standard InChI is InChI=1S/C11H17N3O2/c1-11(16)4-7-14(8-5-11)10(15)9-3-6-13(2)12-9/h3,6,16H,4-5,7-8H2,1-2H3. The number of aryl methyl sites for hydroxylation is 1. The molecule has 1 amide bonds. The molecule has 0 saturated carbocycles. The first kappa shape index (κ1) is 11.1. The zero-order valence-corrected chi connectivity index (χ0v) is 9.68. The Balaban J connectivity index is 2.02. The van der Waals surface area contributed by atoms with Gasteiger partial charge in [-0.25, -0.2) is 0 Å². The molecule has 16 heavy (non-hydrogen) atoms. The van der Waals surface area contributed by atoms with Gasteiger partial charge in [0.25, 0.3) is 5.91 Å². The Bertz CT molecular complexity index is 388. The molecule has 1 aliphatic rings. The summed E-state index contributed by atoms with van der Waals surface area (Å²) in [6, 6.07) is 1.72. The van der Waals surface area contributed by atoms with Crippen LogP contribution in [0.3, 0.4) is 0 Å². The quantitative estimate of drug-likeness (QED) is 0.750. The van der Waals surface area contributed by atoms with Crippen LogP contribution >= 0.6 is 0 Å². The summed E-state index contributed by atoms with van der Waals surface area (Å²) in [6.07, 6.45) is 3.02. The molecule has 0 unspecified atom stereocenters. The maximum atomic E-state index is 12.0. The summed E-state index contributed by atoms with van der Waals surface area (Å²) in [5, 5.41) is 13.9. The van der Waals surface area contributed by atoms with Crippen LogP contribution in [0.25, 0.3) is 0 Å². The average molecular weight is 223 g/mol. The second-order valence-corrected chi connectivity index (χ2v) is 4.66. The van der Waals surface area contributed by atoms with Gasteiger partial charge >= 0.3 is 0 Å². The van der Waals surface area contributed by atoms with Gasteiger partial charge in [-0.05, 0) is 25.8 Å². The lowest BCUT2D eigenvalue weighted by Crippen LogP contribution is -2.45. The summed E-state index contributed by atoms with van der Waals surface area (Å²) >= 11 is 0. The number of aromatic nitrogens is 2. The highest BCUT2D eigenvalue weighted by molar-refractivity contribution is 5.92. The fourth-order valence-corrected chi connectivity index (χ4v) is 1.88. The smallest absolute Gasteiger partial charge is 0.274 e. The Kier molecular flexibility index (Phi) is 2.71. The van der Waals surface area contributed by atoms with E-state index in [2.05, 4.69) is 5.10 Å². The highest BCUT2D eigenvalue weighted by Crippen LogP contribution is 2.21. The van der Waals surface area contributed by atoms with Crippen LogP contribution < -0.4 is 0 Å². The molecule has 0 atom stereocenters. The predicted molar refractivity (Wildman–Crippen MR) is 59.0 cm³/mol. The van der Waals surface area contributed by atoms with Gasteiger partial charge < -0.3 is 10.0 Å². The van der Waals surface area contributed by atoms with Crippen molar-refractivity contribution in [3.63, 3.8) is 0 Å². The van der Waals surface area contributed by atoms with Gasteiger partial charge in [-0.1, -0.05) is 0 Å². The lowest BCUT2D eigenvalue weighted by molar-refractivity contribution is -0.00221. The molecule has 2 rings (SSSR count). The van der Waals surface area contributed by atoms with E-state index in [-0.39, 0.29) is 5.91 Å². The molecule has 88 valence electrons. The minimum absolute atomic E-state index is 0.0453. The van der Waals surface area contributed by atoms with Gasteiger partial charge in [-0.15, -0.1) is 0 Å². The van der Waals surface area contributed by atoms with E-state index in [1.165, 1.54) is 0 Å². The van der Waals surface area contributed by atoms with Crippen LogP contribution in [0.1, 0.15) is 30.3 Å². The maximum Gasteiger partial charge on any atom is 0.274 e. The topological polar surface area (TPSA) is 58.4 Å². The molecule has 0 spiro atoms. The van der Waals surface area contributed by atoms with Crippen LogP contribution in [0.15, 0.2) is 12.3 Å². The third kappa shape index (κ3) is 2.24. The number of amides is 1. The highest BCUT2D eigenvalue weighted by Gasteiger charge is 2.30. The molecule has 0 aromatic carbocycles. The highest BCUT2D eigenvalue weighted by atomic mass is 16.3. The Labute approximate surface area is 94.7 Å². The van der Waals surface area contributed by atoms with E-state index in [4.69, 9.17) is 0 Å². The van der Waals surface area contributed by atoms with Crippen molar-refractivity contribution in [1.29, 1.82) is 0 Å². The molecular weight excluding hydrogens is 206 g/mol. The molecule has 1 aromatic rings. The van der Waals surface area contributed by atoms with Crippen molar-refractivity contribution in [2.24, 2.45) is 7.05 Å². The number of likely N-dealkylation sites (tertiary alicyclic amines) is 1. The second-order valence-electron chi connectivity index (χ2n) is 4.66. The third-order valence-corrected chi connectivity index (χ3v) is 3.06. The molecule has 1 aromatic heterocycles. The number of hydrogen-bond acceptors (Lipinski definition) is 3. The van der Waals surface area contributed by atoms with E-state index in [0.29, 0.717) is 31.6 Å². The minimum Gasteiger partial charge on any atom is -0.390 e. The molecule has 0 aliphatic carbocycles. The molecule has 0 radical (unpaired) electrons. The van der Waals surface area contributed by atoms with E-state index in [1.807, 2.05) is 6.92 Å². The van der Waals surface area contributed by atoms with Crippen LogP contribution in [-0.2, 0) is 7.05 Å². The number of carbonyl (C=O) groups is 1. The van der Waals surface area contributed by atoms with Crippen LogP contribution in [0.4, 0.5) is 0 Å². The lowest BCUT2D eigenvalue weighted by Gasteiger charge is -2.35. The molecule has 1 fully saturated rings. The van der Waals surface area contributed by atoms with E-state index in [0.717, 1.165) is 0 Å². The fourth-order valence-electron chi connectivity index (χ4n) is 1.88. The van der Waals surface area contributed by atoms with E-state index in [9.17, 15) is 9.90 Å². The van der Waals surface area contributed by atoms with Gasteiger partial charge in [0.05, 0.1) is 5.60 Å². The number of aliphatic hydroxyl groups is 1. The van der Waals surface area contributed by atoms with Crippen LogP contribution in [0.5, 0.6) is 0 Å². The van der Waals surface area contributed by atoms with Crippen LogP contribution in [-0.4, -0.2) is 44.4 Å². The first-order valence-corrected chi connectivity index (χ1v) is 5.49. The Morgan fingerprint density at radius 1 is 1.50 bits per heavy atom. The maximum absolute atomic E-state index is 12.0. The molecule has 2 heterocycles. The Hall–Kier alpha value is -1.36. The third-order valence-electron chi connectivity index (χ3n) is 3.06. The van der Waals surface area contributed by atoms with Crippen molar-refractivity contribution in [3.8, 4) is 0 Å². The van der Waals surface area contributed by atoms with Gasteiger partial charge in [0.15, 0.2) is 0 Å². The van der Waals surface area contributed by atoms with E-state index in [1.54, 1.807) is 28.9 Å². The van der Waals surface area contributed by atoms with Crippen molar-refractivity contribution in [1.82, 2.24) is 14.7 Å². The number of piperidine rings is 1. The SMILES string of the molecule is Cn1ccc(C(=O)N2CCC(C)(O)CC2)n1. The molecule has 5 heteroatoms. The zero-order valence-electron chi connectivity index (χ0n) is 9.68. The Morgan fingerprint density at radius 2 is 2.12 bits per heavy atom.